The second kappa shape index (κ2) is 7.01. The van der Waals surface area contributed by atoms with E-state index in [0.717, 1.165) is 5.56 Å². The molecule has 0 spiro atoms. The first-order valence-corrected chi connectivity index (χ1v) is 6.07. The maximum atomic E-state index is 11.8. The Morgan fingerprint density at radius 2 is 2.35 bits per heavy atom. The summed E-state index contributed by atoms with van der Waals surface area (Å²) in [5, 5.41) is 10.2. The Kier molecular flexibility index (Phi) is 4.81. The fraction of sp³-hybridized carbons (Fsp3) is 0.231. The number of aromatic nitrogens is 4. The number of hydrogen-bond donors (Lipinski definition) is 2. The van der Waals surface area contributed by atoms with Gasteiger partial charge in [-0.15, -0.1) is 5.10 Å². The highest BCUT2D eigenvalue weighted by Gasteiger charge is 2.05. The Bertz CT molecular complexity index is 609. The molecule has 7 nitrogen and oxygen atoms in total. The van der Waals surface area contributed by atoms with Crippen LogP contribution in [0.5, 0.6) is 0 Å². The largest absolute Gasteiger partial charge is 0.349 e. The number of nitrogens with one attached hydrogen (secondary N) is 1. The lowest BCUT2D eigenvalue weighted by atomic mass is 10.2. The molecule has 1 amide bonds. The summed E-state index contributed by atoms with van der Waals surface area (Å²) < 4.78 is 1.64. The maximum absolute atomic E-state index is 11.8. The summed E-state index contributed by atoms with van der Waals surface area (Å²) >= 11 is 0. The van der Waals surface area contributed by atoms with Crippen molar-refractivity contribution in [3.05, 3.63) is 42.0 Å². The molecule has 3 N–H and O–H groups in total. The van der Waals surface area contributed by atoms with E-state index in [1.807, 2.05) is 0 Å². The predicted molar refractivity (Wildman–Crippen MR) is 72.5 cm³/mol. The Hall–Kier alpha value is -2.72. The van der Waals surface area contributed by atoms with Gasteiger partial charge in [-0.2, -0.15) is 0 Å². The minimum atomic E-state index is -0.233. The highest BCUT2D eigenvalue weighted by molar-refractivity contribution is 5.92. The summed E-state index contributed by atoms with van der Waals surface area (Å²) in [5.41, 5.74) is 6.36. The zero-order chi connectivity index (χ0) is 14.2. The molecule has 102 valence electrons. The second-order valence-electron chi connectivity index (χ2n) is 3.86. The van der Waals surface area contributed by atoms with Gasteiger partial charge in [0.15, 0.2) is 0 Å². The molecule has 0 atom stereocenters. The van der Waals surface area contributed by atoms with E-state index in [4.69, 9.17) is 5.73 Å². The van der Waals surface area contributed by atoms with Crippen molar-refractivity contribution in [3.8, 4) is 11.8 Å². The van der Waals surface area contributed by atoms with Crippen molar-refractivity contribution in [2.45, 2.75) is 6.54 Å². The molecule has 0 saturated heterocycles. The van der Waals surface area contributed by atoms with E-state index in [9.17, 15) is 4.79 Å². The minimum Gasteiger partial charge on any atom is -0.349 e. The molecule has 2 rings (SSSR count). The van der Waals surface area contributed by atoms with Crippen LogP contribution in [0.25, 0.3) is 0 Å². The Labute approximate surface area is 116 Å². The first-order chi connectivity index (χ1) is 9.79. The van der Waals surface area contributed by atoms with Gasteiger partial charge in [-0.05, 0) is 12.1 Å². The molecule has 0 aliphatic heterocycles. The Balaban J connectivity index is 1.85. The minimum absolute atomic E-state index is 0.233. The lowest BCUT2D eigenvalue weighted by molar-refractivity contribution is 0.0947. The van der Waals surface area contributed by atoms with Crippen LogP contribution in [-0.2, 0) is 6.54 Å². The van der Waals surface area contributed by atoms with Crippen LogP contribution in [0.1, 0.15) is 16.1 Å². The van der Waals surface area contributed by atoms with Gasteiger partial charge in [-0.1, -0.05) is 17.1 Å². The lowest BCUT2D eigenvalue weighted by Gasteiger charge is -2.04. The highest BCUT2D eigenvalue weighted by atomic mass is 16.1. The summed E-state index contributed by atoms with van der Waals surface area (Å²) in [6.07, 6.45) is 4.87. The van der Waals surface area contributed by atoms with Gasteiger partial charge in [-0.25, -0.2) is 4.98 Å². The first kappa shape index (κ1) is 13.7. The van der Waals surface area contributed by atoms with Crippen molar-refractivity contribution in [3.63, 3.8) is 0 Å². The van der Waals surface area contributed by atoms with Crippen molar-refractivity contribution in [2.75, 3.05) is 13.1 Å². The van der Waals surface area contributed by atoms with E-state index < -0.39 is 0 Å². The Morgan fingerprint density at radius 3 is 3.00 bits per heavy atom. The van der Waals surface area contributed by atoms with Crippen LogP contribution in [0.3, 0.4) is 0 Å². The van der Waals surface area contributed by atoms with Gasteiger partial charge in [0.05, 0.1) is 19.3 Å². The average Bonchev–Trinajstić information content (AvgIpc) is 2.99. The number of nitrogens with two attached hydrogens (primary N) is 1. The van der Waals surface area contributed by atoms with Gasteiger partial charge in [0.1, 0.15) is 5.69 Å². The zero-order valence-electron chi connectivity index (χ0n) is 10.8. The fourth-order valence-electron chi connectivity index (χ4n) is 1.48. The molecule has 2 heterocycles. The monoisotopic (exact) mass is 270 g/mol. The number of nitrogens with zero attached hydrogens (tertiary/aromatic N) is 4. The number of hydrogen-bond acceptors (Lipinski definition) is 5. The molecule has 0 radical (unpaired) electrons. The van der Waals surface area contributed by atoms with Crippen LogP contribution >= 0.6 is 0 Å². The third kappa shape index (κ3) is 3.90. The molecular formula is C13H14N6O. The van der Waals surface area contributed by atoms with Gasteiger partial charge >= 0.3 is 0 Å². The van der Waals surface area contributed by atoms with E-state index in [1.54, 1.807) is 35.4 Å². The molecule has 0 aromatic carbocycles. The Morgan fingerprint density at radius 1 is 1.45 bits per heavy atom. The van der Waals surface area contributed by atoms with Gasteiger partial charge in [0.2, 0.25) is 0 Å². The summed E-state index contributed by atoms with van der Waals surface area (Å²) in [4.78, 5) is 15.9. The third-order valence-electron chi connectivity index (χ3n) is 2.43. The molecule has 0 aliphatic rings. The molecule has 0 bridgehead atoms. The topological polar surface area (TPSA) is 98.7 Å². The van der Waals surface area contributed by atoms with Crippen LogP contribution in [0.2, 0.25) is 0 Å². The molecule has 2 aromatic rings. The quantitative estimate of drug-likeness (QED) is 0.724. The molecule has 0 aliphatic carbocycles. The number of carbonyl (C=O) groups excluding carboxylic acids is 1. The van der Waals surface area contributed by atoms with Crippen LogP contribution in [0.4, 0.5) is 0 Å². The highest BCUT2D eigenvalue weighted by Crippen LogP contribution is 1.98. The molecule has 0 unspecified atom stereocenters. The van der Waals surface area contributed by atoms with E-state index >= 15 is 0 Å². The molecule has 0 saturated carbocycles. The van der Waals surface area contributed by atoms with Crippen molar-refractivity contribution in [1.29, 1.82) is 0 Å². The van der Waals surface area contributed by atoms with Crippen molar-refractivity contribution < 1.29 is 4.79 Å². The van der Waals surface area contributed by atoms with Gasteiger partial charge < -0.3 is 11.1 Å². The van der Waals surface area contributed by atoms with Crippen molar-refractivity contribution in [1.82, 2.24) is 25.3 Å². The average molecular weight is 270 g/mol. The van der Waals surface area contributed by atoms with E-state index in [0.29, 0.717) is 25.3 Å². The van der Waals surface area contributed by atoms with Crippen molar-refractivity contribution >= 4 is 5.91 Å². The summed E-state index contributed by atoms with van der Waals surface area (Å²) in [6, 6.07) is 3.37. The SMILES string of the molecule is NCC#Cc1ccc(C(=O)NCCn2ccnn2)nc1. The number of rotatable bonds is 4. The third-order valence-corrected chi connectivity index (χ3v) is 2.43. The molecule has 0 fully saturated rings. The van der Waals surface area contributed by atoms with E-state index in [2.05, 4.69) is 32.5 Å². The molecule has 20 heavy (non-hydrogen) atoms. The van der Waals surface area contributed by atoms with Gasteiger partial charge in [0, 0.05) is 24.5 Å². The van der Waals surface area contributed by atoms with Crippen LogP contribution in [0.15, 0.2) is 30.7 Å². The standard InChI is InChI=1S/C13H14N6O/c14-5-1-2-11-3-4-12(16-10-11)13(20)15-6-8-19-9-7-17-18-19/h3-4,7,9-10H,5-6,8,14H2,(H,15,20). The van der Waals surface area contributed by atoms with E-state index in [-0.39, 0.29) is 5.91 Å². The number of amides is 1. The van der Waals surface area contributed by atoms with Gasteiger partial charge in [-0.3, -0.25) is 9.48 Å². The lowest BCUT2D eigenvalue weighted by Crippen LogP contribution is -2.28. The summed E-state index contributed by atoms with van der Waals surface area (Å²) in [7, 11) is 0. The van der Waals surface area contributed by atoms with Crippen molar-refractivity contribution in [2.24, 2.45) is 5.73 Å². The van der Waals surface area contributed by atoms with Crippen LogP contribution < -0.4 is 11.1 Å². The normalized spacial score (nSPS) is 9.65. The maximum Gasteiger partial charge on any atom is 0.269 e. The first-order valence-electron chi connectivity index (χ1n) is 6.07. The van der Waals surface area contributed by atoms with Crippen LogP contribution in [-0.4, -0.2) is 39.0 Å². The number of pyridine rings is 1. The summed E-state index contributed by atoms with van der Waals surface area (Å²) in [6.45, 7) is 1.31. The van der Waals surface area contributed by atoms with Gasteiger partial charge in [0.25, 0.3) is 5.91 Å². The predicted octanol–water partition coefficient (Wildman–Crippen LogP) is -0.587. The molecular weight excluding hydrogens is 256 g/mol. The number of carbonyl (C=O) groups is 1. The smallest absolute Gasteiger partial charge is 0.269 e. The second-order valence-corrected chi connectivity index (χ2v) is 3.86. The van der Waals surface area contributed by atoms with Crippen LogP contribution in [0, 0.1) is 11.8 Å². The fourth-order valence-corrected chi connectivity index (χ4v) is 1.48. The zero-order valence-corrected chi connectivity index (χ0v) is 10.8. The molecule has 2 aromatic heterocycles. The van der Waals surface area contributed by atoms with E-state index in [1.165, 1.54) is 0 Å². The molecule has 7 heteroatoms. The summed E-state index contributed by atoms with van der Waals surface area (Å²) in [5.74, 6) is 5.34.